The molecule has 0 saturated heterocycles. The fourth-order valence-electron chi connectivity index (χ4n) is 2.54. The second-order valence-corrected chi connectivity index (χ2v) is 8.36. The number of sulfonamides is 1. The standard InChI is InChI=1S/C16H9Cl3F3N3O2S/c17-8-5-9(18)15(10(19)6-8)12-7-14(16(20,21)22)24-25(12)11-3-1-2-4-13(11)28(23,26)27/h1-7H,(H2,23,26,27). The largest absolute Gasteiger partial charge is 0.435 e. The molecule has 3 aromatic rings. The lowest BCUT2D eigenvalue weighted by molar-refractivity contribution is -0.141. The Hall–Kier alpha value is -1.78. The number of aromatic nitrogens is 2. The van der Waals surface area contributed by atoms with Crippen molar-refractivity contribution in [1.29, 1.82) is 0 Å². The molecule has 0 spiro atoms. The average Bonchev–Trinajstić information content (AvgIpc) is 2.98. The number of rotatable bonds is 3. The highest BCUT2D eigenvalue weighted by Crippen LogP contribution is 2.41. The van der Waals surface area contributed by atoms with Gasteiger partial charge in [0.05, 0.1) is 21.4 Å². The van der Waals surface area contributed by atoms with Crippen molar-refractivity contribution in [2.45, 2.75) is 11.1 Å². The second-order valence-electron chi connectivity index (χ2n) is 5.58. The minimum Gasteiger partial charge on any atom is -0.231 e. The Bertz CT molecular complexity index is 1150. The summed E-state index contributed by atoms with van der Waals surface area (Å²) in [5.74, 6) is 0. The van der Waals surface area contributed by atoms with Crippen molar-refractivity contribution in [3.05, 3.63) is 63.2 Å². The summed E-state index contributed by atoms with van der Waals surface area (Å²) in [4.78, 5) is -0.422. The van der Waals surface area contributed by atoms with Crippen LogP contribution >= 0.6 is 34.8 Å². The van der Waals surface area contributed by atoms with E-state index in [2.05, 4.69) is 5.10 Å². The van der Waals surface area contributed by atoms with Crippen LogP contribution in [0.5, 0.6) is 0 Å². The van der Waals surface area contributed by atoms with E-state index in [1.807, 2.05) is 0 Å². The van der Waals surface area contributed by atoms with Crippen molar-refractivity contribution in [2.75, 3.05) is 0 Å². The number of alkyl halides is 3. The summed E-state index contributed by atoms with van der Waals surface area (Å²) in [5.41, 5.74) is -1.65. The molecule has 0 fully saturated rings. The van der Waals surface area contributed by atoms with E-state index in [4.69, 9.17) is 39.9 Å². The monoisotopic (exact) mass is 469 g/mol. The molecule has 5 nitrogen and oxygen atoms in total. The van der Waals surface area contributed by atoms with E-state index in [-0.39, 0.29) is 32.0 Å². The molecule has 0 unspecified atom stereocenters. The van der Waals surface area contributed by atoms with Crippen LogP contribution in [0.15, 0.2) is 47.4 Å². The van der Waals surface area contributed by atoms with Gasteiger partial charge >= 0.3 is 6.18 Å². The zero-order chi connectivity index (χ0) is 20.9. The van der Waals surface area contributed by atoms with E-state index < -0.39 is 26.8 Å². The number of nitrogens with two attached hydrogens (primary N) is 1. The van der Waals surface area contributed by atoms with Crippen LogP contribution in [-0.4, -0.2) is 18.2 Å². The third kappa shape index (κ3) is 3.99. The Balaban J connectivity index is 2.41. The van der Waals surface area contributed by atoms with Crippen LogP contribution in [0.25, 0.3) is 16.9 Å². The van der Waals surface area contributed by atoms with Crippen LogP contribution < -0.4 is 5.14 Å². The molecule has 0 atom stereocenters. The van der Waals surface area contributed by atoms with Crippen LogP contribution in [-0.2, 0) is 16.2 Å². The van der Waals surface area contributed by atoms with Gasteiger partial charge in [0.2, 0.25) is 10.0 Å². The fraction of sp³-hybridized carbons (Fsp3) is 0.0625. The Kier molecular flexibility index (Phi) is 5.41. The zero-order valence-electron chi connectivity index (χ0n) is 13.5. The number of nitrogens with zero attached hydrogens (tertiary/aromatic N) is 2. The number of halogens is 6. The van der Waals surface area contributed by atoms with Crippen LogP contribution in [0.2, 0.25) is 15.1 Å². The molecule has 0 aliphatic heterocycles. The molecule has 3 rings (SSSR count). The molecule has 0 saturated carbocycles. The molecule has 2 aromatic carbocycles. The molecular weight excluding hydrogens is 462 g/mol. The normalized spacial score (nSPS) is 12.4. The maximum Gasteiger partial charge on any atom is 0.435 e. The Morgan fingerprint density at radius 3 is 2.11 bits per heavy atom. The van der Waals surface area contributed by atoms with Gasteiger partial charge in [-0.25, -0.2) is 18.2 Å². The molecule has 1 aromatic heterocycles. The van der Waals surface area contributed by atoms with Crippen molar-refractivity contribution in [3.63, 3.8) is 0 Å². The first kappa shape index (κ1) is 20.9. The van der Waals surface area contributed by atoms with Gasteiger partial charge in [-0.1, -0.05) is 46.9 Å². The third-order valence-corrected chi connectivity index (χ3v) is 5.44. The maximum absolute atomic E-state index is 13.3. The van der Waals surface area contributed by atoms with Gasteiger partial charge in [0.15, 0.2) is 5.69 Å². The summed E-state index contributed by atoms with van der Waals surface area (Å²) in [6.07, 6.45) is -4.80. The van der Waals surface area contributed by atoms with E-state index in [1.54, 1.807) is 0 Å². The Labute approximate surface area is 172 Å². The quantitative estimate of drug-likeness (QED) is 0.574. The predicted octanol–water partition coefficient (Wildman–Crippen LogP) is 5.17. The molecule has 12 heteroatoms. The zero-order valence-corrected chi connectivity index (χ0v) is 16.6. The van der Waals surface area contributed by atoms with Crippen LogP contribution in [0.1, 0.15) is 5.69 Å². The van der Waals surface area contributed by atoms with Gasteiger partial charge in [0.1, 0.15) is 4.90 Å². The first-order valence-corrected chi connectivity index (χ1v) is 10.0. The topological polar surface area (TPSA) is 78.0 Å². The second kappa shape index (κ2) is 7.23. The minimum absolute atomic E-state index is 0.0000409. The molecule has 0 aliphatic carbocycles. The average molecular weight is 471 g/mol. The first-order chi connectivity index (χ1) is 12.9. The number of hydrogen-bond acceptors (Lipinski definition) is 3. The van der Waals surface area contributed by atoms with Crippen molar-refractivity contribution >= 4 is 44.8 Å². The lowest BCUT2D eigenvalue weighted by Crippen LogP contribution is -2.16. The van der Waals surface area contributed by atoms with E-state index in [9.17, 15) is 21.6 Å². The van der Waals surface area contributed by atoms with Crippen molar-refractivity contribution in [3.8, 4) is 16.9 Å². The molecule has 0 bridgehead atoms. The van der Waals surface area contributed by atoms with E-state index in [0.717, 1.165) is 10.7 Å². The maximum atomic E-state index is 13.3. The van der Waals surface area contributed by atoms with Gasteiger partial charge in [0.25, 0.3) is 0 Å². The summed E-state index contributed by atoms with van der Waals surface area (Å²) in [6.45, 7) is 0. The molecular formula is C16H9Cl3F3N3O2S. The first-order valence-electron chi connectivity index (χ1n) is 7.34. The minimum atomic E-state index is -4.80. The van der Waals surface area contributed by atoms with Crippen molar-refractivity contribution in [1.82, 2.24) is 9.78 Å². The van der Waals surface area contributed by atoms with E-state index in [0.29, 0.717) is 6.07 Å². The molecule has 148 valence electrons. The van der Waals surface area contributed by atoms with Gasteiger partial charge in [-0.05, 0) is 30.3 Å². The molecule has 28 heavy (non-hydrogen) atoms. The number of benzene rings is 2. The van der Waals surface area contributed by atoms with Gasteiger partial charge in [-0.2, -0.15) is 18.3 Å². The van der Waals surface area contributed by atoms with Crippen molar-refractivity contribution in [2.24, 2.45) is 5.14 Å². The summed E-state index contributed by atoms with van der Waals surface area (Å²) >= 11 is 18.2. The van der Waals surface area contributed by atoms with Gasteiger partial charge in [-0.3, -0.25) is 0 Å². The number of para-hydroxylation sites is 1. The highest BCUT2D eigenvalue weighted by Gasteiger charge is 2.36. The highest BCUT2D eigenvalue weighted by molar-refractivity contribution is 7.89. The number of primary sulfonamides is 1. The Morgan fingerprint density at radius 1 is 1.00 bits per heavy atom. The van der Waals surface area contributed by atoms with E-state index >= 15 is 0 Å². The smallest absolute Gasteiger partial charge is 0.231 e. The predicted molar refractivity (Wildman–Crippen MR) is 100 cm³/mol. The summed E-state index contributed by atoms with van der Waals surface area (Å²) in [7, 11) is -4.26. The molecule has 1 heterocycles. The Morgan fingerprint density at radius 2 is 1.57 bits per heavy atom. The highest BCUT2D eigenvalue weighted by atomic mass is 35.5. The molecule has 0 aliphatic rings. The van der Waals surface area contributed by atoms with Gasteiger partial charge in [0, 0.05) is 10.6 Å². The summed E-state index contributed by atoms with van der Waals surface area (Å²) in [6, 6.07) is 8.50. The lowest BCUT2D eigenvalue weighted by atomic mass is 10.1. The lowest BCUT2D eigenvalue weighted by Gasteiger charge is -2.13. The number of hydrogen-bond donors (Lipinski definition) is 1. The third-order valence-electron chi connectivity index (χ3n) is 3.66. The summed E-state index contributed by atoms with van der Waals surface area (Å²) < 4.78 is 64.5. The van der Waals surface area contributed by atoms with Crippen LogP contribution in [0.3, 0.4) is 0 Å². The molecule has 0 amide bonds. The van der Waals surface area contributed by atoms with E-state index in [1.165, 1.54) is 30.3 Å². The molecule has 0 radical (unpaired) electrons. The SMILES string of the molecule is NS(=O)(=O)c1ccccc1-n1nc(C(F)(F)F)cc1-c1c(Cl)cc(Cl)cc1Cl. The molecule has 2 N–H and O–H groups in total. The van der Waals surface area contributed by atoms with Gasteiger partial charge < -0.3 is 0 Å². The van der Waals surface area contributed by atoms with Gasteiger partial charge in [-0.15, -0.1) is 0 Å². The van der Waals surface area contributed by atoms with Crippen LogP contribution in [0, 0.1) is 0 Å². The van der Waals surface area contributed by atoms with Crippen molar-refractivity contribution < 1.29 is 21.6 Å². The van der Waals surface area contributed by atoms with Crippen LogP contribution in [0.4, 0.5) is 13.2 Å². The fourth-order valence-corrected chi connectivity index (χ4v) is 4.27. The summed E-state index contributed by atoms with van der Waals surface area (Å²) in [5, 5.41) is 8.81.